The maximum atomic E-state index is 14.4. The first-order chi connectivity index (χ1) is 14.7. The van der Waals surface area contributed by atoms with Crippen LogP contribution in [0.25, 0.3) is 5.78 Å². The lowest BCUT2D eigenvalue weighted by Crippen LogP contribution is -2.45. The summed E-state index contributed by atoms with van der Waals surface area (Å²) in [4.78, 5) is 22.1. The molecular weight excluding hydrogens is 399 g/mol. The molecule has 1 aliphatic carbocycles. The van der Waals surface area contributed by atoms with Gasteiger partial charge in [-0.2, -0.15) is 4.98 Å². The molecule has 162 valence electrons. The number of benzene rings is 1. The molecule has 2 aliphatic heterocycles. The van der Waals surface area contributed by atoms with Crippen LogP contribution in [-0.4, -0.2) is 38.6 Å². The smallest absolute Gasteiger partial charge is 0.258 e. The molecule has 0 radical (unpaired) electrons. The molecule has 3 fully saturated rings. The minimum Gasteiger partial charge on any atom is -0.473 e. The SMILES string of the molecule is Cc1cccc(C(=O)Nc2cn3cc(C45COC(C)(C4)C5)nc3nc2OC(C)C)c1F. The molecule has 3 aliphatic rings. The lowest BCUT2D eigenvalue weighted by atomic mass is 9.62. The van der Waals surface area contributed by atoms with Crippen molar-refractivity contribution in [3.63, 3.8) is 0 Å². The Morgan fingerprint density at radius 1 is 1.29 bits per heavy atom. The number of carbonyl (C=O) groups excluding carboxylic acids is 1. The summed E-state index contributed by atoms with van der Waals surface area (Å²) < 4.78 is 27.9. The number of halogens is 1. The summed E-state index contributed by atoms with van der Waals surface area (Å²) in [6.45, 7) is 8.15. The molecule has 7 nitrogen and oxygen atoms in total. The molecule has 1 saturated carbocycles. The summed E-state index contributed by atoms with van der Waals surface area (Å²) in [6.07, 6.45) is 5.36. The number of rotatable bonds is 5. The highest BCUT2D eigenvalue weighted by atomic mass is 19.1. The first-order valence-electron chi connectivity index (χ1n) is 10.5. The number of nitrogens with one attached hydrogen (secondary N) is 1. The summed E-state index contributed by atoms with van der Waals surface area (Å²) >= 11 is 0. The van der Waals surface area contributed by atoms with Crippen LogP contribution < -0.4 is 10.1 Å². The normalized spacial score (nSPS) is 24.5. The van der Waals surface area contributed by atoms with Crippen LogP contribution in [-0.2, 0) is 10.2 Å². The second-order valence-electron chi connectivity index (χ2n) is 9.22. The fourth-order valence-electron chi connectivity index (χ4n) is 4.73. The van der Waals surface area contributed by atoms with Crippen LogP contribution in [0.2, 0.25) is 0 Å². The number of imidazole rings is 1. The Bertz CT molecular complexity index is 1200. The second-order valence-corrected chi connectivity index (χ2v) is 9.22. The molecule has 0 atom stereocenters. The molecule has 8 heteroatoms. The van der Waals surface area contributed by atoms with Crippen LogP contribution in [0.3, 0.4) is 0 Å². The number of fused-ring (bicyclic) bond motifs is 2. The van der Waals surface area contributed by atoms with E-state index in [1.165, 1.54) is 6.07 Å². The van der Waals surface area contributed by atoms with Crippen molar-refractivity contribution in [1.82, 2.24) is 14.4 Å². The third-order valence-corrected chi connectivity index (χ3v) is 6.11. The van der Waals surface area contributed by atoms with Crippen LogP contribution in [0.4, 0.5) is 10.1 Å². The van der Waals surface area contributed by atoms with E-state index in [1.54, 1.807) is 29.7 Å². The van der Waals surface area contributed by atoms with E-state index >= 15 is 0 Å². The minimum atomic E-state index is -0.561. The van der Waals surface area contributed by atoms with E-state index in [9.17, 15) is 9.18 Å². The van der Waals surface area contributed by atoms with Crippen LogP contribution in [0.1, 0.15) is 55.2 Å². The van der Waals surface area contributed by atoms with Crippen molar-refractivity contribution in [3.05, 3.63) is 53.2 Å². The maximum Gasteiger partial charge on any atom is 0.258 e. The van der Waals surface area contributed by atoms with E-state index in [0.29, 0.717) is 23.6 Å². The highest BCUT2D eigenvalue weighted by Gasteiger charge is 2.61. The quantitative estimate of drug-likeness (QED) is 0.669. The van der Waals surface area contributed by atoms with Crippen LogP contribution >= 0.6 is 0 Å². The van der Waals surface area contributed by atoms with Gasteiger partial charge in [0.05, 0.1) is 29.6 Å². The summed E-state index contributed by atoms with van der Waals surface area (Å²) in [5.41, 5.74) is 1.54. The van der Waals surface area contributed by atoms with Gasteiger partial charge in [0.1, 0.15) is 11.5 Å². The van der Waals surface area contributed by atoms with Crippen molar-refractivity contribution in [2.24, 2.45) is 0 Å². The molecule has 3 aromatic rings. The molecule has 0 unspecified atom stereocenters. The largest absolute Gasteiger partial charge is 0.473 e. The van der Waals surface area contributed by atoms with Gasteiger partial charge in [-0.1, -0.05) is 12.1 Å². The van der Waals surface area contributed by atoms with Crippen molar-refractivity contribution in [3.8, 4) is 5.88 Å². The van der Waals surface area contributed by atoms with Crippen molar-refractivity contribution in [2.45, 2.75) is 57.7 Å². The molecule has 1 N–H and O–H groups in total. The van der Waals surface area contributed by atoms with Gasteiger partial charge in [0.2, 0.25) is 11.7 Å². The molecule has 1 aromatic carbocycles. The minimum absolute atomic E-state index is 0.0299. The lowest BCUT2D eigenvalue weighted by molar-refractivity contribution is 0.0154. The standard InChI is InChI=1S/C23H25FN4O3/c1-13(2)31-20-16(25-19(29)15-7-5-6-14(3)18(15)24)8-28-9-17(26-21(28)27-20)23-10-22(4,11-23)30-12-23/h5-9,13H,10-12H2,1-4H3,(H,25,29). The number of ether oxygens (including phenoxy) is 2. The van der Waals surface area contributed by atoms with Gasteiger partial charge in [-0.15, -0.1) is 0 Å². The number of hydrogen-bond donors (Lipinski definition) is 1. The Hall–Kier alpha value is -3.00. The molecule has 2 saturated heterocycles. The van der Waals surface area contributed by atoms with Crippen molar-refractivity contribution < 1.29 is 18.7 Å². The summed E-state index contributed by atoms with van der Waals surface area (Å²) in [7, 11) is 0. The average Bonchev–Trinajstić information content (AvgIpc) is 3.34. The maximum absolute atomic E-state index is 14.4. The highest BCUT2D eigenvalue weighted by molar-refractivity contribution is 6.05. The molecule has 31 heavy (non-hydrogen) atoms. The molecule has 2 aromatic heterocycles. The zero-order valence-corrected chi connectivity index (χ0v) is 18.0. The fraction of sp³-hybridized carbons (Fsp3) is 0.435. The zero-order valence-electron chi connectivity index (χ0n) is 18.0. The third kappa shape index (κ3) is 3.26. The van der Waals surface area contributed by atoms with Gasteiger partial charge in [0.15, 0.2) is 0 Å². The number of hydrogen-bond acceptors (Lipinski definition) is 5. The zero-order chi connectivity index (χ0) is 22.0. The highest BCUT2D eigenvalue weighted by Crippen LogP contribution is 2.58. The average molecular weight is 424 g/mol. The van der Waals surface area contributed by atoms with E-state index in [1.807, 2.05) is 20.0 Å². The number of nitrogens with zero attached hydrogens (tertiary/aromatic N) is 3. The van der Waals surface area contributed by atoms with Gasteiger partial charge in [-0.05, 0) is 52.2 Å². The number of amides is 1. The molecule has 0 spiro atoms. The van der Waals surface area contributed by atoms with Crippen LogP contribution in [0, 0.1) is 12.7 Å². The Morgan fingerprint density at radius 3 is 2.74 bits per heavy atom. The van der Waals surface area contributed by atoms with Gasteiger partial charge < -0.3 is 14.8 Å². The van der Waals surface area contributed by atoms with E-state index in [-0.39, 0.29) is 28.6 Å². The summed E-state index contributed by atoms with van der Waals surface area (Å²) in [5, 5.41) is 2.76. The number of anilines is 1. The van der Waals surface area contributed by atoms with Gasteiger partial charge in [-0.25, -0.2) is 9.37 Å². The van der Waals surface area contributed by atoms with Gasteiger partial charge in [0, 0.05) is 17.8 Å². The van der Waals surface area contributed by atoms with Crippen molar-refractivity contribution in [1.29, 1.82) is 0 Å². The van der Waals surface area contributed by atoms with Gasteiger partial charge in [0.25, 0.3) is 5.91 Å². The van der Waals surface area contributed by atoms with Crippen LogP contribution in [0.15, 0.2) is 30.6 Å². The summed E-state index contributed by atoms with van der Waals surface area (Å²) in [5.74, 6) is -0.368. The number of aromatic nitrogens is 3. The molecular formula is C23H25FN4O3. The predicted molar refractivity (Wildman–Crippen MR) is 113 cm³/mol. The van der Waals surface area contributed by atoms with E-state index < -0.39 is 11.7 Å². The first-order valence-corrected chi connectivity index (χ1v) is 10.5. The Morgan fingerprint density at radius 2 is 2.06 bits per heavy atom. The Balaban J connectivity index is 1.51. The lowest BCUT2D eigenvalue weighted by Gasteiger charge is -2.41. The van der Waals surface area contributed by atoms with Gasteiger partial charge >= 0.3 is 0 Å². The molecule has 1 amide bonds. The first kappa shape index (κ1) is 19.9. The van der Waals surface area contributed by atoms with Crippen molar-refractivity contribution in [2.75, 3.05) is 11.9 Å². The molecule has 2 bridgehead atoms. The van der Waals surface area contributed by atoms with E-state index in [2.05, 4.69) is 17.2 Å². The topological polar surface area (TPSA) is 77.8 Å². The third-order valence-electron chi connectivity index (χ3n) is 6.11. The second kappa shape index (κ2) is 6.75. The monoisotopic (exact) mass is 424 g/mol. The number of aryl methyl sites for hydroxylation is 1. The summed E-state index contributed by atoms with van der Waals surface area (Å²) in [6, 6.07) is 4.73. The predicted octanol–water partition coefficient (Wildman–Crippen LogP) is 4.04. The van der Waals surface area contributed by atoms with E-state index in [4.69, 9.17) is 14.5 Å². The van der Waals surface area contributed by atoms with Crippen molar-refractivity contribution >= 4 is 17.4 Å². The Kier molecular flexibility index (Phi) is 4.34. The molecule has 4 heterocycles. The van der Waals surface area contributed by atoms with Gasteiger partial charge in [-0.3, -0.25) is 9.20 Å². The van der Waals surface area contributed by atoms with E-state index in [0.717, 1.165) is 18.5 Å². The number of carbonyl (C=O) groups is 1. The fourth-order valence-corrected chi connectivity index (χ4v) is 4.73. The van der Waals surface area contributed by atoms with Crippen LogP contribution in [0.5, 0.6) is 5.88 Å². The Labute approximate surface area is 179 Å². The molecule has 6 rings (SSSR count).